The maximum atomic E-state index is 13.1. The summed E-state index contributed by atoms with van der Waals surface area (Å²) >= 11 is 6.06. The molecule has 0 aliphatic carbocycles. The van der Waals surface area contributed by atoms with E-state index in [9.17, 15) is 4.39 Å². The minimum Gasteiger partial charge on any atom is -0.381 e. The van der Waals surface area contributed by atoms with Gasteiger partial charge in [-0.15, -0.1) is 5.10 Å². The number of nitrogens with zero attached hydrogens (tertiary/aromatic N) is 4. The van der Waals surface area contributed by atoms with Crippen LogP contribution in [0.15, 0.2) is 24.4 Å². The molecule has 1 aliphatic heterocycles. The zero-order chi connectivity index (χ0) is 16.2. The number of hydrogen-bond acceptors (Lipinski definition) is 4. The van der Waals surface area contributed by atoms with Crippen LogP contribution in [0.25, 0.3) is 5.69 Å². The first-order valence-corrected chi connectivity index (χ1v) is 8.20. The van der Waals surface area contributed by atoms with Crippen molar-refractivity contribution in [2.45, 2.75) is 19.9 Å². The van der Waals surface area contributed by atoms with Crippen LogP contribution in [0, 0.1) is 11.7 Å². The molecule has 3 rings (SSSR count). The Labute approximate surface area is 140 Å². The highest BCUT2D eigenvalue weighted by molar-refractivity contribution is 6.32. The summed E-state index contributed by atoms with van der Waals surface area (Å²) in [5.41, 5.74) is 1.50. The van der Waals surface area contributed by atoms with Crippen molar-refractivity contribution in [1.29, 1.82) is 0 Å². The SMILES string of the molecule is CCOCC1CCN(Cc2cn(-c3ccc(F)cc3Cl)nn2)C1. The van der Waals surface area contributed by atoms with E-state index in [1.54, 1.807) is 10.7 Å². The van der Waals surface area contributed by atoms with Crippen LogP contribution in [-0.4, -0.2) is 46.2 Å². The van der Waals surface area contributed by atoms with Gasteiger partial charge < -0.3 is 4.74 Å². The van der Waals surface area contributed by atoms with Crippen molar-refractivity contribution in [3.63, 3.8) is 0 Å². The van der Waals surface area contributed by atoms with E-state index in [0.717, 1.165) is 45.0 Å². The number of aromatic nitrogens is 3. The van der Waals surface area contributed by atoms with Crippen molar-refractivity contribution in [1.82, 2.24) is 19.9 Å². The van der Waals surface area contributed by atoms with E-state index in [1.165, 1.54) is 12.1 Å². The van der Waals surface area contributed by atoms with Gasteiger partial charge in [0, 0.05) is 19.7 Å². The Kier molecular flexibility index (Phi) is 5.25. The Hall–Kier alpha value is -1.50. The lowest BCUT2D eigenvalue weighted by molar-refractivity contribution is 0.111. The molecular weight excluding hydrogens is 319 g/mol. The fourth-order valence-electron chi connectivity index (χ4n) is 2.86. The number of benzene rings is 1. The Morgan fingerprint density at radius 3 is 3.09 bits per heavy atom. The van der Waals surface area contributed by atoms with Crippen molar-refractivity contribution in [2.75, 3.05) is 26.3 Å². The molecule has 1 aromatic carbocycles. The predicted molar refractivity (Wildman–Crippen MR) is 86.2 cm³/mol. The highest BCUT2D eigenvalue weighted by Crippen LogP contribution is 2.22. The molecule has 0 radical (unpaired) electrons. The van der Waals surface area contributed by atoms with Crippen LogP contribution in [0.3, 0.4) is 0 Å². The van der Waals surface area contributed by atoms with Crippen molar-refractivity contribution in [2.24, 2.45) is 5.92 Å². The second-order valence-electron chi connectivity index (χ2n) is 5.80. The molecule has 0 spiro atoms. The summed E-state index contributed by atoms with van der Waals surface area (Å²) in [6.45, 7) is 6.42. The quantitative estimate of drug-likeness (QED) is 0.812. The Bertz CT molecular complexity index is 663. The van der Waals surface area contributed by atoms with Gasteiger partial charge in [0.2, 0.25) is 0 Å². The molecule has 1 atom stereocenters. The van der Waals surface area contributed by atoms with E-state index in [4.69, 9.17) is 16.3 Å². The number of ether oxygens (including phenoxy) is 1. The topological polar surface area (TPSA) is 43.2 Å². The lowest BCUT2D eigenvalue weighted by Gasteiger charge is -2.14. The van der Waals surface area contributed by atoms with E-state index in [-0.39, 0.29) is 5.82 Å². The zero-order valence-corrected chi connectivity index (χ0v) is 13.8. The molecule has 5 nitrogen and oxygen atoms in total. The Morgan fingerprint density at radius 2 is 2.30 bits per heavy atom. The average molecular weight is 339 g/mol. The second-order valence-corrected chi connectivity index (χ2v) is 6.21. The maximum Gasteiger partial charge on any atom is 0.124 e. The summed E-state index contributed by atoms with van der Waals surface area (Å²) in [6, 6.07) is 4.24. The van der Waals surface area contributed by atoms with Crippen molar-refractivity contribution in [3.05, 3.63) is 40.9 Å². The standard InChI is InChI=1S/C16H20ClFN4O/c1-2-23-11-12-5-6-21(8-12)9-14-10-22(20-19-14)16-4-3-13(18)7-15(16)17/h3-4,7,10,12H,2,5-6,8-9,11H2,1H3. The van der Waals surface area contributed by atoms with Gasteiger partial charge in [0.15, 0.2) is 0 Å². The molecule has 124 valence electrons. The van der Waals surface area contributed by atoms with Crippen LogP contribution >= 0.6 is 11.6 Å². The van der Waals surface area contributed by atoms with Crippen LogP contribution in [0.5, 0.6) is 0 Å². The molecule has 1 aromatic heterocycles. The summed E-state index contributed by atoms with van der Waals surface area (Å²) in [5, 5.41) is 8.61. The summed E-state index contributed by atoms with van der Waals surface area (Å²) in [4.78, 5) is 2.35. The highest BCUT2D eigenvalue weighted by atomic mass is 35.5. The maximum absolute atomic E-state index is 13.1. The van der Waals surface area contributed by atoms with Crippen LogP contribution < -0.4 is 0 Å². The molecule has 23 heavy (non-hydrogen) atoms. The molecule has 0 saturated carbocycles. The smallest absolute Gasteiger partial charge is 0.124 e. The lowest BCUT2D eigenvalue weighted by atomic mass is 10.1. The van der Waals surface area contributed by atoms with Gasteiger partial charge in [-0.05, 0) is 44.0 Å². The molecule has 1 fully saturated rings. The third-order valence-corrected chi connectivity index (χ3v) is 4.31. The largest absolute Gasteiger partial charge is 0.381 e. The van der Waals surface area contributed by atoms with Crippen LogP contribution in [0.2, 0.25) is 5.02 Å². The molecule has 0 N–H and O–H groups in total. The summed E-state index contributed by atoms with van der Waals surface area (Å²) in [5.74, 6) is 0.230. The Morgan fingerprint density at radius 1 is 1.43 bits per heavy atom. The van der Waals surface area contributed by atoms with E-state index >= 15 is 0 Å². The van der Waals surface area contributed by atoms with Gasteiger partial charge in [0.1, 0.15) is 5.82 Å². The fourth-order valence-corrected chi connectivity index (χ4v) is 3.12. The van der Waals surface area contributed by atoms with Gasteiger partial charge >= 0.3 is 0 Å². The van der Waals surface area contributed by atoms with Crippen molar-refractivity contribution < 1.29 is 9.13 Å². The third kappa shape index (κ3) is 4.07. The van der Waals surface area contributed by atoms with Crippen LogP contribution in [0.4, 0.5) is 4.39 Å². The second kappa shape index (κ2) is 7.38. The zero-order valence-electron chi connectivity index (χ0n) is 13.1. The summed E-state index contributed by atoms with van der Waals surface area (Å²) in [6.07, 6.45) is 2.99. The predicted octanol–water partition coefficient (Wildman–Crippen LogP) is 2.92. The van der Waals surface area contributed by atoms with Crippen molar-refractivity contribution >= 4 is 11.6 Å². The van der Waals surface area contributed by atoms with Gasteiger partial charge in [-0.3, -0.25) is 4.90 Å². The molecule has 2 heterocycles. The fraction of sp³-hybridized carbons (Fsp3) is 0.500. The number of halogens is 2. The van der Waals surface area contributed by atoms with Crippen LogP contribution in [-0.2, 0) is 11.3 Å². The molecule has 1 saturated heterocycles. The number of hydrogen-bond donors (Lipinski definition) is 0. The van der Waals surface area contributed by atoms with Gasteiger partial charge in [-0.1, -0.05) is 16.8 Å². The summed E-state index contributed by atoms with van der Waals surface area (Å²) < 4.78 is 20.2. The molecule has 7 heteroatoms. The van der Waals surface area contributed by atoms with Crippen molar-refractivity contribution in [3.8, 4) is 5.69 Å². The molecule has 0 bridgehead atoms. The van der Waals surface area contributed by atoms with E-state index in [1.807, 2.05) is 13.1 Å². The number of likely N-dealkylation sites (tertiary alicyclic amines) is 1. The van der Waals surface area contributed by atoms with Gasteiger partial charge in [-0.25, -0.2) is 9.07 Å². The minimum atomic E-state index is -0.364. The minimum absolute atomic E-state index is 0.319. The van der Waals surface area contributed by atoms with Gasteiger partial charge in [0.25, 0.3) is 0 Å². The molecule has 1 aliphatic rings. The van der Waals surface area contributed by atoms with E-state index in [2.05, 4.69) is 15.2 Å². The third-order valence-electron chi connectivity index (χ3n) is 4.01. The molecule has 1 unspecified atom stereocenters. The monoisotopic (exact) mass is 338 g/mol. The summed E-state index contributed by atoms with van der Waals surface area (Å²) in [7, 11) is 0. The number of rotatable bonds is 6. The first kappa shape index (κ1) is 16.4. The molecule has 2 aromatic rings. The Balaban J connectivity index is 1.62. The van der Waals surface area contributed by atoms with E-state index < -0.39 is 0 Å². The van der Waals surface area contributed by atoms with Gasteiger partial charge in [-0.2, -0.15) is 0 Å². The van der Waals surface area contributed by atoms with E-state index in [0.29, 0.717) is 16.6 Å². The molecule has 0 amide bonds. The van der Waals surface area contributed by atoms with Gasteiger partial charge in [0.05, 0.1) is 29.2 Å². The first-order valence-electron chi connectivity index (χ1n) is 7.82. The highest BCUT2D eigenvalue weighted by Gasteiger charge is 2.23. The lowest BCUT2D eigenvalue weighted by Crippen LogP contribution is -2.21. The van der Waals surface area contributed by atoms with Crippen LogP contribution in [0.1, 0.15) is 19.0 Å². The first-order chi connectivity index (χ1) is 11.2. The normalized spacial score (nSPS) is 18.7. The molecular formula is C16H20ClFN4O. The average Bonchev–Trinajstić information content (AvgIpc) is 3.15.